The summed E-state index contributed by atoms with van der Waals surface area (Å²) >= 11 is 5.75. The smallest absolute Gasteiger partial charge is 0.141 e. The predicted octanol–water partition coefficient (Wildman–Crippen LogP) is 3.41. The molecule has 0 amide bonds. The number of phenols is 1. The summed E-state index contributed by atoms with van der Waals surface area (Å²) in [5, 5.41) is 12.9. The summed E-state index contributed by atoms with van der Waals surface area (Å²) in [4.78, 5) is 0. The van der Waals surface area contributed by atoms with E-state index in [9.17, 15) is 9.50 Å². The Kier molecular flexibility index (Phi) is 3.51. The Hall–Kier alpha value is -1.78. The Morgan fingerprint density at radius 2 is 2.15 bits per heavy atom. The second-order valence-corrected chi connectivity index (χ2v) is 5.12. The van der Waals surface area contributed by atoms with Crippen molar-refractivity contribution in [3.8, 4) is 11.5 Å². The van der Waals surface area contributed by atoms with E-state index >= 15 is 0 Å². The van der Waals surface area contributed by atoms with E-state index in [1.807, 2.05) is 6.07 Å². The van der Waals surface area contributed by atoms with Crippen LogP contribution in [0, 0.1) is 5.82 Å². The van der Waals surface area contributed by atoms with Gasteiger partial charge in [0, 0.05) is 18.2 Å². The third-order valence-corrected chi connectivity index (χ3v) is 3.60. The largest absolute Gasteiger partial charge is 0.508 e. The molecule has 1 heterocycles. The van der Waals surface area contributed by atoms with E-state index < -0.39 is 5.82 Å². The third kappa shape index (κ3) is 2.57. The number of fused-ring (bicyclic) bond motifs is 1. The molecule has 1 aliphatic heterocycles. The van der Waals surface area contributed by atoms with Crippen LogP contribution in [-0.4, -0.2) is 11.7 Å². The summed E-state index contributed by atoms with van der Waals surface area (Å²) in [6.07, 6.45) is 0. The standard InChI is InChI=1S/C15H13ClFNO2/c16-12-5-9(1-4-13(12)17)7-18-14-8-20-15-6-10(19)2-3-11(14)15/h1-6,14,18-19H,7-8H2. The zero-order valence-corrected chi connectivity index (χ0v) is 11.3. The molecular formula is C15H13ClFNO2. The molecule has 0 aromatic heterocycles. The van der Waals surface area contributed by atoms with Crippen molar-refractivity contribution in [1.82, 2.24) is 5.32 Å². The van der Waals surface area contributed by atoms with Gasteiger partial charge in [0.2, 0.25) is 0 Å². The minimum Gasteiger partial charge on any atom is -0.508 e. The second kappa shape index (κ2) is 5.31. The van der Waals surface area contributed by atoms with Gasteiger partial charge < -0.3 is 15.2 Å². The van der Waals surface area contributed by atoms with Crippen LogP contribution in [0.1, 0.15) is 17.2 Å². The maximum absolute atomic E-state index is 13.1. The minimum absolute atomic E-state index is 0.0504. The van der Waals surface area contributed by atoms with Gasteiger partial charge in [-0.2, -0.15) is 0 Å². The Balaban J connectivity index is 1.70. The van der Waals surface area contributed by atoms with Crippen LogP contribution < -0.4 is 10.1 Å². The molecular weight excluding hydrogens is 281 g/mol. The summed E-state index contributed by atoms with van der Waals surface area (Å²) in [5.41, 5.74) is 1.92. The maximum Gasteiger partial charge on any atom is 0.141 e. The van der Waals surface area contributed by atoms with Gasteiger partial charge >= 0.3 is 0 Å². The summed E-state index contributed by atoms with van der Waals surface area (Å²) in [6.45, 7) is 1.07. The van der Waals surface area contributed by atoms with Gasteiger partial charge in [-0.05, 0) is 29.8 Å². The number of benzene rings is 2. The highest BCUT2D eigenvalue weighted by Crippen LogP contribution is 2.35. The zero-order chi connectivity index (χ0) is 14.1. The first-order valence-corrected chi connectivity index (χ1v) is 6.64. The van der Waals surface area contributed by atoms with Crippen molar-refractivity contribution in [3.05, 3.63) is 58.4 Å². The molecule has 2 N–H and O–H groups in total. The number of phenolic OH excluding ortho intramolecular Hbond substituents is 1. The third-order valence-electron chi connectivity index (χ3n) is 3.31. The highest BCUT2D eigenvalue weighted by atomic mass is 35.5. The van der Waals surface area contributed by atoms with Gasteiger partial charge in [0.15, 0.2) is 0 Å². The average molecular weight is 294 g/mol. The molecule has 2 aromatic rings. The number of hydrogen-bond acceptors (Lipinski definition) is 3. The van der Waals surface area contributed by atoms with Gasteiger partial charge in [-0.15, -0.1) is 0 Å². The molecule has 0 aliphatic carbocycles. The summed E-state index contributed by atoms with van der Waals surface area (Å²) in [5.74, 6) is 0.467. The molecule has 104 valence electrons. The maximum atomic E-state index is 13.1. The normalized spacial score (nSPS) is 16.8. The Bertz CT molecular complexity index is 648. The zero-order valence-electron chi connectivity index (χ0n) is 10.6. The molecule has 0 fully saturated rings. The van der Waals surface area contributed by atoms with Crippen LogP contribution in [0.3, 0.4) is 0 Å². The van der Waals surface area contributed by atoms with Crippen LogP contribution >= 0.6 is 11.6 Å². The van der Waals surface area contributed by atoms with Gasteiger partial charge in [-0.1, -0.05) is 17.7 Å². The number of nitrogens with one attached hydrogen (secondary N) is 1. The van der Waals surface area contributed by atoms with Gasteiger partial charge in [0.25, 0.3) is 0 Å². The van der Waals surface area contributed by atoms with Gasteiger partial charge in [-0.25, -0.2) is 4.39 Å². The molecule has 1 unspecified atom stereocenters. The van der Waals surface area contributed by atoms with E-state index in [0.717, 1.165) is 11.1 Å². The molecule has 20 heavy (non-hydrogen) atoms. The molecule has 2 aromatic carbocycles. The Labute approximate surface area is 121 Å². The van der Waals surface area contributed by atoms with Crippen molar-refractivity contribution in [3.63, 3.8) is 0 Å². The van der Waals surface area contributed by atoms with E-state index in [0.29, 0.717) is 18.9 Å². The Morgan fingerprint density at radius 3 is 2.95 bits per heavy atom. The lowest BCUT2D eigenvalue weighted by molar-refractivity contribution is 0.309. The number of ether oxygens (including phenoxy) is 1. The first-order chi connectivity index (χ1) is 9.63. The SMILES string of the molecule is Oc1ccc2c(c1)OCC2NCc1ccc(F)c(Cl)c1. The first kappa shape index (κ1) is 13.2. The number of aromatic hydroxyl groups is 1. The van der Waals surface area contributed by atoms with Crippen molar-refractivity contribution in [2.45, 2.75) is 12.6 Å². The number of halogens is 2. The monoisotopic (exact) mass is 293 g/mol. The van der Waals surface area contributed by atoms with Crippen LogP contribution in [0.15, 0.2) is 36.4 Å². The van der Waals surface area contributed by atoms with E-state index in [4.69, 9.17) is 16.3 Å². The fourth-order valence-electron chi connectivity index (χ4n) is 2.26. The van der Waals surface area contributed by atoms with Crippen molar-refractivity contribution in [2.75, 3.05) is 6.61 Å². The van der Waals surface area contributed by atoms with Crippen molar-refractivity contribution >= 4 is 11.6 Å². The lowest BCUT2D eigenvalue weighted by Crippen LogP contribution is -2.21. The van der Waals surface area contributed by atoms with Crippen LogP contribution in [0.5, 0.6) is 11.5 Å². The van der Waals surface area contributed by atoms with E-state index in [1.54, 1.807) is 24.3 Å². The summed E-state index contributed by atoms with van der Waals surface area (Å²) in [7, 11) is 0. The van der Waals surface area contributed by atoms with Crippen LogP contribution in [0.4, 0.5) is 4.39 Å². The predicted molar refractivity (Wildman–Crippen MR) is 74.6 cm³/mol. The van der Waals surface area contributed by atoms with Crippen LogP contribution in [0.2, 0.25) is 5.02 Å². The van der Waals surface area contributed by atoms with E-state index in [2.05, 4.69) is 5.32 Å². The fourth-order valence-corrected chi connectivity index (χ4v) is 2.46. The number of rotatable bonds is 3. The quantitative estimate of drug-likeness (QED) is 0.911. The summed E-state index contributed by atoms with van der Waals surface area (Å²) < 4.78 is 18.6. The average Bonchev–Trinajstić information content (AvgIpc) is 2.82. The molecule has 0 saturated heterocycles. The minimum atomic E-state index is -0.416. The van der Waals surface area contributed by atoms with Crippen LogP contribution in [-0.2, 0) is 6.54 Å². The van der Waals surface area contributed by atoms with E-state index in [1.165, 1.54) is 6.07 Å². The van der Waals surface area contributed by atoms with Crippen LogP contribution in [0.25, 0.3) is 0 Å². The van der Waals surface area contributed by atoms with Crippen molar-refractivity contribution in [1.29, 1.82) is 0 Å². The Morgan fingerprint density at radius 1 is 1.30 bits per heavy atom. The number of hydrogen-bond donors (Lipinski definition) is 2. The molecule has 5 heteroatoms. The molecule has 0 radical (unpaired) electrons. The highest BCUT2D eigenvalue weighted by Gasteiger charge is 2.23. The lowest BCUT2D eigenvalue weighted by atomic mass is 10.1. The molecule has 0 spiro atoms. The van der Waals surface area contributed by atoms with Crippen molar-refractivity contribution in [2.24, 2.45) is 0 Å². The fraction of sp³-hybridized carbons (Fsp3) is 0.200. The molecule has 3 nitrogen and oxygen atoms in total. The molecule has 1 aliphatic rings. The highest BCUT2D eigenvalue weighted by molar-refractivity contribution is 6.30. The van der Waals surface area contributed by atoms with Crippen molar-refractivity contribution < 1.29 is 14.2 Å². The van der Waals surface area contributed by atoms with Gasteiger partial charge in [0.05, 0.1) is 11.1 Å². The topological polar surface area (TPSA) is 41.5 Å². The lowest BCUT2D eigenvalue weighted by Gasteiger charge is -2.12. The second-order valence-electron chi connectivity index (χ2n) is 4.72. The first-order valence-electron chi connectivity index (χ1n) is 6.26. The molecule has 1 atom stereocenters. The van der Waals surface area contributed by atoms with E-state index in [-0.39, 0.29) is 16.8 Å². The molecule has 0 saturated carbocycles. The molecule has 3 rings (SSSR count). The molecule has 0 bridgehead atoms. The van der Waals surface area contributed by atoms with Gasteiger partial charge in [0.1, 0.15) is 23.9 Å². The van der Waals surface area contributed by atoms with Gasteiger partial charge in [-0.3, -0.25) is 0 Å². The summed E-state index contributed by atoms with van der Waals surface area (Å²) in [6, 6.07) is 9.79.